The first-order valence-electron chi connectivity index (χ1n) is 8.70. The van der Waals surface area contributed by atoms with E-state index in [-0.39, 0.29) is 0 Å². The van der Waals surface area contributed by atoms with Crippen molar-refractivity contribution in [2.45, 2.75) is 46.5 Å². The van der Waals surface area contributed by atoms with E-state index < -0.39 is 0 Å². The van der Waals surface area contributed by atoms with Gasteiger partial charge in [-0.2, -0.15) is 10.4 Å². The number of aromatic nitrogens is 2. The zero-order chi connectivity index (χ0) is 17.1. The highest BCUT2D eigenvalue weighted by Crippen LogP contribution is 2.32. The third-order valence-electron chi connectivity index (χ3n) is 4.62. The van der Waals surface area contributed by atoms with Gasteiger partial charge in [0, 0.05) is 11.3 Å². The van der Waals surface area contributed by atoms with Gasteiger partial charge in [-0.15, -0.1) is 0 Å². The van der Waals surface area contributed by atoms with Crippen molar-refractivity contribution in [3.63, 3.8) is 0 Å². The first kappa shape index (κ1) is 16.3. The number of hydrogen-bond acceptors (Lipinski definition) is 2. The van der Waals surface area contributed by atoms with Gasteiger partial charge >= 0.3 is 0 Å². The Kier molecular flexibility index (Phi) is 4.66. The Balaban J connectivity index is 2.27. The summed E-state index contributed by atoms with van der Waals surface area (Å²) in [6, 6.07) is 14.4. The predicted molar refractivity (Wildman–Crippen MR) is 98.1 cm³/mol. The lowest BCUT2D eigenvalue weighted by Crippen LogP contribution is -2.06. The topological polar surface area (TPSA) is 41.1 Å². The summed E-state index contributed by atoms with van der Waals surface area (Å²) in [7, 11) is 0. The third kappa shape index (κ3) is 2.80. The van der Waals surface area contributed by atoms with Crippen LogP contribution in [-0.2, 0) is 12.8 Å². The summed E-state index contributed by atoms with van der Waals surface area (Å²) in [4.78, 5) is 0. The fraction of sp³-hybridized carbons (Fsp3) is 0.333. The molecule has 24 heavy (non-hydrogen) atoms. The summed E-state index contributed by atoms with van der Waals surface area (Å²) in [5, 5.41) is 13.9. The van der Waals surface area contributed by atoms with Crippen molar-refractivity contribution in [1.29, 1.82) is 5.26 Å². The maximum atomic E-state index is 9.06. The van der Waals surface area contributed by atoms with Crippen LogP contribution in [0.25, 0.3) is 16.6 Å². The van der Waals surface area contributed by atoms with Gasteiger partial charge in [-0.05, 0) is 61.6 Å². The van der Waals surface area contributed by atoms with Crippen molar-refractivity contribution >= 4 is 5.52 Å². The quantitative estimate of drug-likeness (QED) is 0.658. The number of rotatable bonds is 5. The van der Waals surface area contributed by atoms with E-state index in [4.69, 9.17) is 10.4 Å². The van der Waals surface area contributed by atoms with E-state index in [0.29, 0.717) is 5.56 Å². The Labute approximate surface area is 143 Å². The summed E-state index contributed by atoms with van der Waals surface area (Å²) in [6.07, 6.45) is 4.32. The van der Waals surface area contributed by atoms with Gasteiger partial charge in [0.05, 0.1) is 22.8 Å². The van der Waals surface area contributed by atoms with Crippen LogP contribution in [0.5, 0.6) is 0 Å². The molecule has 0 aliphatic rings. The van der Waals surface area contributed by atoms with Gasteiger partial charge in [-0.25, -0.2) is 4.52 Å². The number of nitrogens with zero attached hydrogens (tertiary/aromatic N) is 3. The van der Waals surface area contributed by atoms with Crippen LogP contribution in [0.15, 0.2) is 36.4 Å². The lowest BCUT2D eigenvalue weighted by molar-refractivity contribution is 0.767. The monoisotopic (exact) mass is 317 g/mol. The van der Waals surface area contributed by atoms with Crippen LogP contribution >= 0.6 is 0 Å². The molecule has 3 nitrogen and oxygen atoms in total. The maximum absolute atomic E-state index is 9.06. The lowest BCUT2D eigenvalue weighted by atomic mass is 9.94. The Bertz CT molecular complexity index is 895. The van der Waals surface area contributed by atoms with E-state index in [1.54, 1.807) is 0 Å². The minimum atomic E-state index is 0.695. The van der Waals surface area contributed by atoms with Crippen molar-refractivity contribution in [2.24, 2.45) is 0 Å². The molecule has 0 N–H and O–H groups in total. The van der Waals surface area contributed by atoms with Gasteiger partial charge < -0.3 is 0 Å². The molecule has 0 saturated heterocycles. The number of nitriles is 1. The smallest absolute Gasteiger partial charge is 0.0991 e. The Morgan fingerprint density at radius 1 is 1.08 bits per heavy atom. The zero-order valence-corrected chi connectivity index (χ0v) is 14.6. The molecular formula is C21H23N3. The second kappa shape index (κ2) is 6.88. The highest BCUT2D eigenvalue weighted by Gasteiger charge is 2.16. The van der Waals surface area contributed by atoms with Crippen LogP contribution in [0.4, 0.5) is 0 Å². The molecule has 0 bridgehead atoms. The van der Waals surface area contributed by atoms with Gasteiger partial charge in [0.25, 0.3) is 0 Å². The van der Waals surface area contributed by atoms with Crippen molar-refractivity contribution < 1.29 is 0 Å². The summed E-state index contributed by atoms with van der Waals surface area (Å²) in [6.45, 7) is 6.48. The van der Waals surface area contributed by atoms with Crippen molar-refractivity contribution in [2.75, 3.05) is 0 Å². The summed E-state index contributed by atoms with van der Waals surface area (Å²) >= 11 is 0. The van der Waals surface area contributed by atoms with E-state index in [2.05, 4.69) is 55.6 Å². The SMILES string of the molecule is CCCCc1c(C)nn2c(CC)ccc2c1-c1ccc(C#N)cc1. The van der Waals surface area contributed by atoms with E-state index in [9.17, 15) is 0 Å². The molecule has 0 atom stereocenters. The molecule has 0 aliphatic carbocycles. The molecular weight excluding hydrogens is 294 g/mol. The van der Waals surface area contributed by atoms with Crippen LogP contribution < -0.4 is 0 Å². The van der Waals surface area contributed by atoms with Gasteiger partial charge in [0.1, 0.15) is 0 Å². The van der Waals surface area contributed by atoms with Crippen LogP contribution in [0.2, 0.25) is 0 Å². The first-order valence-corrected chi connectivity index (χ1v) is 8.70. The largest absolute Gasteiger partial charge is 0.237 e. The average Bonchev–Trinajstić information content (AvgIpc) is 3.02. The summed E-state index contributed by atoms with van der Waals surface area (Å²) in [5.41, 5.74) is 7.94. The van der Waals surface area contributed by atoms with Gasteiger partial charge in [0.2, 0.25) is 0 Å². The van der Waals surface area contributed by atoms with Crippen molar-refractivity contribution in [3.8, 4) is 17.2 Å². The van der Waals surface area contributed by atoms with Crippen molar-refractivity contribution in [3.05, 3.63) is 58.9 Å². The van der Waals surface area contributed by atoms with E-state index in [1.165, 1.54) is 23.2 Å². The highest BCUT2D eigenvalue weighted by molar-refractivity contribution is 5.84. The Hall–Kier alpha value is -2.60. The second-order valence-corrected chi connectivity index (χ2v) is 6.21. The Morgan fingerprint density at radius 3 is 2.46 bits per heavy atom. The molecule has 2 aromatic heterocycles. The van der Waals surface area contributed by atoms with Gasteiger partial charge in [-0.1, -0.05) is 32.4 Å². The number of aryl methyl sites for hydroxylation is 2. The standard InChI is InChI=1S/C21H23N3/c1-4-6-7-19-15(3)23-24-18(5-2)12-13-20(24)21(19)17-10-8-16(14-22)9-11-17/h8-13H,4-7H2,1-3H3. The van der Waals surface area contributed by atoms with Gasteiger partial charge in [-0.3, -0.25) is 0 Å². The molecule has 0 amide bonds. The maximum Gasteiger partial charge on any atom is 0.0991 e. The molecule has 0 unspecified atom stereocenters. The summed E-state index contributed by atoms with van der Waals surface area (Å²) in [5.74, 6) is 0. The van der Waals surface area contributed by atoms with Crippen LogP contribution in [-0.4, -0.2) is 9.61 Å². The van der Waals surface area contributed by atoms with Crippen LogP contribution in [0, 0.1) is 18.3 Å². The molecule has 122 valence electrons. The molecule has 1 aromatic carbocycles. The Morgan fingerprint density at radius 2 is 1.83 bits per heavy atom. The summed E-state index contributed by atoms with van der Waals surface area (Å²) < 4.78 is 2.08. The molecule has 3 aromatic rings. The molecule has 3 heteroatoms. The minimum Gasteiger partial charge on any atom is -0.237 e. The molecule has 2 heterocycles. The minimum absolute atomic E-state index is 0.695. The average molecular weight is 317 g/mol. The zero-order valence-electron chi connectivity index (χ0n) is 14.6. The predicted octanol–water partition coefficient (Wildman–Crippen LogP) is 5.09. The van der Waals surface area contributed by atoms with Gasteiger partial charge in [0.15, 0.2) is 0 Å². The number of benzene rings is 1. The fourth-order valence-electron chi connectivity index (χ4n) is 3.28. The van der Waals surface area contributed by atoms with E-state index in [0.717, 1.165) is 36.0 Å². The first-order chi connectivity index (χ1) is 11.7. The molecule has 3 rings (SSSR count). The normalized spacial score (nSPS) is 10.9. The third-order valence-corrected chi connectivity index (χ3v) is 4.62. The number of unbranched alkanes of at least 4 members (excludes halogenated alkanes) is 1. The number of fused-ring (bicyclic) bond motifs is 1. The van der Waals surface area contributed by atoms with Crippen LogP contribution in [0.1, 0.15) is 49.2 Å². The van der Waals surface area contributed by atoms with E-state index >= 15 is 0 Å². The second-order valence-electron chi connectivity index (χ2n) is 6.21. The molecule has 0 fully saturated rings. The van der Waals surface area contributed by atoms with E-state index in [1.807, 2.05) is 12.1 Å². The molecule has 0 radical (unpaired) electrons. The lowest BCUT2D eigenvalue weighted by Gasteiger charge is -2.15. The highest BCUT2D eigenvalue weighted by atomic mass is 15.2. The molecule has 0 spiro atoms. The number of hydrogen-bond donors (Lipinski definition) is 0. The molecule has 0 saturated carbocycles. The molecule has 0 aliphatic heterocycles. The van der Waals surface area contributed by atoms with Crippen molar-refractivity contribution in [1.82, 2.24) is 9.61 Å². The fourth-order valence-corrected chi connectivity index (χ4v) is 3.28. The van der Waals surface area contributed by atoms with Crippen LogP contribution in [0.3, 0.4) is 0 Å².